The first-order chi connectivity index (χ1) is 6.81. The lowest BCUT2D eigenvalue weighted by Crippen LogP contribution is -1.81. The van der Waals surface area contributed by atoms with Crippen LogP contribution in [-0.4, -0.2) is 0 Å². The fraction of sp³-hybridized carbons (Fsp3) is 0.833. The number of hydrogen-bond acceptors (Lipinski definition) is 0. The fourth-order valence-corrected chi connectivity index (χ4v) is 1.79. The summed E-state index contributed by atoms with van der Waals surface area (Å²) < 4.78 is 14.2. The summed E-state index contributed by atoms with van der Waals surface area (Å²) in [5.74, 6) is 0.0385. The minimum atomic E-state index is 0.0385. The fourth-order valence-electron chi connectivity index (χ4n) is 1.48. The Balaban J connectivity index is 2.99. The second kappa shape index (κ2) is 11.5. The first kappa shape index (κ1) is 14.4. The molecule has 0 aromatic rings. The quantitative estimate of drug-likeness (QED) is 0.375. The van der Waals surface area contributed by atoms with Crippen molar-refractivity contribution in [2.24, 2.45) is 0 Å². The molecule has 0 atom stereocenters. The highest BCUT2D eigenvalue weighted by molar-refractivity contribution is 14.1. The molecular formula is C12H22FI. The van der Waals surface area contributed by atoms with E-state index in [9.17, 15) is 4.39 Å². The van der Waals surface area contributed by atoms with Crippen LogP contribution in [0, 0.1) is 0 Å². The van der Waals surface area contributed by atoms with Gasteiger partial charge in [0.1, 0.15) is 5.83 Å². The Labute approximate surface area is 101 Å². The molecule has 0 aromatic heterocycles. The maximum absolute atomic E-state index is 12.7. The van der Waals surface area contributed by atoms with E-state index in [-0.39, 0.29) is 5.83 Å². The normalized spacial score (nSPS) is 12.1. The molecule has 0 heterocycles. The van der Waals surface area contributed by atoms with Gasteiger partial charge in [-0.15, -0.1) is 0 Å². The Kier molecular flexibility index (Phi) is 11.8. The molecule has 0 nitrogen and oxygen atoms in total. The Bertz CT molecular complexity index is 143. The van der Waals surface area contributed by atoms with Crippen molar-refractivity contribution < 1.29 is 4.39 Å². The first-order valence-corrected chi connectivity index (χ1v) is 7.00. The van der Waals surface area contributed by atoms with Crippen LogP contribution >= 0.6 is 22.6 Å². The van der Waals surface area contributed by atoms with Crippen molar-refractivity contribution in [3.05, 3.63) is 9.91 Å². The summed E-state index contributed by atoms with van der Waals surface area (Å²) in [4.78, 5) is 0. The topological polar surface area (TPSA) is 0 Å². The molecule has 0 spiro atoms. The average Bonchev–Trinajstić information content (AvgIpc) is 2.21. The van der Waals surface area contributed by atoms with Crippen LogP contribution in [0.1, 0.15) is 64.7 Å². The van der Waals surface area contributed by atoms with Gasteiger partial charge >= 0.3 is 0 Å². The molecular weight excluding hydrogens is 290 g/mol. The molecule has 0 N–H and O–H groups in total. The zero-order valence-electron chi connectivity index (χ0n) is 9.20. The van der Waals surface area contributed by atoms with Crippen molar-refractivity contribution in [2.75, 3.05) is 0 Å². The summed E-state index contributed by atoms with van der Waals surface area (Å²) in [6.07, 6.45) is 10.9. The van der Waals surface area contributed by atoms with Gasteiger partial charge in [-0.2, -0.15) is 0 Å². The van der Waals surface area contributed by atoms with Crippen LogP contribution in [0.15, 0.2) is 9.91 Å². The van der Waals surface area contributed by atoms with Crippen molar-refractivity contribution >= 4 is 22.6 Å². The van der Waals surface area contributed by atoms with Crippen molar-refractivity contribution in [2.45, 2.75) is 64.7 Å². The van der Waals surface area contributed by atoms with E-state index in [1.54, 1.807) is 4.08 Å². The Morgan fingerprint density at radius 1 is 1.00 bits per heavy atom. The number of hydrogen-bond donors (Lipinski definition) is 0. The van der Waals surface area contributed by atoms with Gasteiger partial charge in [0, 0.05) is 4.08 Å². The molecule has 0 saturated heterocycles. The number of unbranched alkanes of at least 4 members (excludes halogenated alkanes) is 7. The molecule has 0 bridgehead atoms. The van der Waals surface area contributed by atoms with Gasteiger partial charge < -0.3 is 0 Å². The number of rotatable bonds is 9. The third kappa shape index (κ3) is 10.5. The van der Waals surface area contributed by atoms with Crippen LogP contribution < -0.4 is 0 Å². The Morgan fingerprint density at radius 3 is 2.00 bits per heavy atom. The van der Waals surface area contributed by atoms with Crippen LogP contribution in [-0.2, 0) is 0 Å². The van der Waals surface area contributed by atoms with Crippen molar-refractivity contribution in [1.82, 2.24) is 0 Å². The molecule has 0 fully saturated rings. The van der Waals surface area contributed by atoms with Gasteiger partial charge in [-0.3, -0.25) is 0 Å². The summed E-state index contributed by atoms with van der Waals surface area (Å²) in [6.45, 7) is 2.24. The SMILES string of the molecule is CCCCCCCCCC/C(F)=C/I. The second-order valence-corrected chi connectivity index (χ2v) is 4.40. The van der Waals surface area contributed by atoms with Crippen molar-refractivity contribution in [3.63, 3.8) is 0 Å². The average molecular weight is 312 g/mol. The smallest absolute Gasteiger partial charge is 0.106 e. The van der Waals surface area contributed by atoms with Crippen LogP contribution in [0.25, 0.3) is 0 Å². The molecule has 0 aliphatic carbocycles. The summed E-state index contributed by atoms with van der Waals surface area (Å²) in [5, 5.41) is 0. The van der Waals surface area contributed by atoms with Gasteiger partial charge in [0.2, 0.25) is 0 Å². The minimum Gasteiger partial charge on any atom is -0.211 e. The summed E-state index contributed by atoms with van der Waals surface area (Å²) in [7, 11) is 0. The largest absolute Gasteiger partial charge is 0.211 e. The van der Waals surface area contributed by atoms with E-state index in [0.717, 1.165) is 6.42 Å². The monoisotopic (exact) mass is 312 g/mol. The lowest BCUT2D eigenvalue weighted by atomic mass is 10.1. The Hall–Kier alpha value is 0.400. The Morgan fingerprint density at radius 2 is 1.50 bits per heavy atom. The lowest BCUT2D eigenvalue weighted by molar-refractivity contribution is 0.536. The van der Waals surface area contributed by atoms with E-state index >= 15 is 0 Å². The highest BCUT2D eigenvalue weighted by Gasteiger charge is 1.94. The lowest BCUT2D eigenvalue weighted by Gasteiger charge is -2.00. The molecule has 2 heteroatoms. The van der Waals surface area contributed by atoms with Gasteiger partial charge in [0.05, 0.1) is 0 Å². The van der Waals surface area contributed by atoms with E-state index in [1.165, 1.54) is 44.9 Å². The van der Waals surface area contributed by atoms with E-state index in [0.29, 0.717) is 6.42 Å². The highest BCUT2D eigenvalue weighted by atomic mass is 127. The highest BCUT2D eigenvalue weighted by Crippen LogP contribution is 2.14. The third-order valence-corrected chi connectivity index (χ3v) is 3.06. The zero-order chi connectivity index (χ0) is 10.6. The van der Waals surface area contributed by atoms with Gasteiger partial charge in [0.25, 0.3) is 0 Å². The standard InChI is InChI=1S/C12H22FI/c1-2-3-4-5-6-7-8-9-10-12(13)11-14/h11H,2-10H2,1H3/b12-11-. The molecule has 0 radical (unpaired) electrons. The molecule has 0 amide bonds. The third-order valence-electron chi connectivity index (χ3n) is 2.39. The first-order valence-electron chi connectivity index (χ1n) is 5.76. The van der Waals surface area contributed by atoms with Crippen molar-refractivity contribution in [3.8, 4) is 0 Å². The summed E-state index contributed by atoms with van der Waals surface area (Å²) >= 11 is 1.96. The van der Waals surface area contributed by atoms with Crippen molar-refractivity contribution in [1.29, 1.82) is 0 Å². The summed E-state index contributed by atoms with van der Waals surface area (Å²) in [6, 6.07) is 0. The molecule has 0 aromatic carbocycles. The molecule has 14 heavy (non-hydrogen) atoms. The zero-order valence-corrected chi connectivity index (χ0v) is 11.4. The van der Waals surface area contributed by atoms with E-state index in [2.05, 4.69) is 6.92 Å². The maximum atomic E-state index is 12.7. The van der Waals surface area contributed by atoms with Gasteiger partial charge in [-0.25, -0.2) is 4.39 Å². The summed E-state index contributed by atoms with van der Waals surface area (Å²) in [5.41, 5.74) is 0. The van der Waals surface area contributed by atoms with E-state index < -0.39 is 0 Å². The molecule has 0 rings (SSSR count). The maximum Gasteiger partial charge on any atom is 0.106 e. The predicted molar refractivity (Wildman–Crippen MR) is 70.4 cm³/mol. The minimum absolute atomic E-state index is 0.0385. The molecule has 0 unspecified atom stereocenters. The van der Waals surface area contributed by atoms with Gasteiger partial charge in [-0.05, 0) is 12.8 Å². The van der Waals surface area contributed by atoms with Gasteiger partial charge in [-0.1, -0.05) is 74.5 Å². The molecule has 0 aliphatic rings. The van der Waals surface area contributed by atoms with Gasteiger partial charge in [0.15, 0.2) is 0 Å². The van der Waals surface area contributed by atoms with Crippen LogP contribution in [0.2, 0.25) is 0 Å². The second-order valence-electron chi connectivity index (χ2n) is 3.78. The molecule has 0 aliphatic heterocycles. The number of allylic oxidation sites excluding steroid dienone is 1. The van der Waals surface area contributed by atoms with E-state index in [4.69, 9.17) is 0 Å². The predicted octanol–water partition coefficient (Wildman–Crippen LogP) is 5.76. The number of halogens is 2. The molecule has 84 valence electrons. The van der Waals surface area contributed by atoms with E-state index in [1.807, 2.05) is 22.6 Å². The van der Waals surface area contributed by atoms with Crippen LogP contribution in [0.4, 0.5) is 4.39 Å². The van der Waals surface area contributed by atoms with Crippen LogP contribution in [0.5, 0.6) is 0 Å². The van der Waals surface area contributed by atoms with Crippen LogP contribution in [0.3, 0.4) is 0 Å². The molecule has 0 saturated carbocycles.